The van der Waals surface area contributed by atoms with E-state index in [9.17, 15) is 0 Å². The molecule has 1 aliphatic rings. The number of hydrogen-bond acceptors (Lipinski definition) is 3. The van der Waals surface area contributed by atoms with Crippen molar-refractivity contribution in [2.75, 3.05) is 33.3 Å². The molecule has 3 heteroatoms. The van der Waals surface area contributed by atoms with Crippen molar-refractivity contribution in [1.29, 1.82) is 0 Å². The largest absolute Gasteiger partial charge is 0.496 e. The molecule has 3 nitrogen and oxygen atoms in total. The Morgan fingerprint density at radius 3 is 2.68 bits per heavy atom. The van der Waals surface area contributed by atoms with E-state index in [4.69, 9.17) is 4.74 Å². The van der Waals surface area contributed by atoms with Crippen molar-refractivity contribution < 1.29 is 4.74 Å². The topological polar surface area (TPSA) is 24.5 Å². The zero-order valence-corrected chi connectivity index (χ0v) is 13.5. The Hall–Kier alpha value is -1.58. The van der Waals surface area contributed by atoms with E-state index in [-0.39, 0.29) is 0 Å². The number of hydrogen-bond donors (Lipinski definition) is 1. The van der Waals surface area contributed by atoms with Gasteiger partial charge in [-0.25, -0.2) is 0 Å². The minimum atomic E-state index is 0.859. The van der Waals surface area contributed by atoms with Gasteiger partial charge in [0.05, 0.1) is 7.11 Å². The molecule has 0 aromatic heterocycles. The van der Waals surface area contributed by atoms with Crippen LogP contribution < -0.4 is 10.1 Å². The minimum Gasteiger partial charge on any atom is -0.496 e. The van der Waals surface area contributed by atoms with Crippen LogP contribution in [0.3, 0.4) is 0 Å². The van der Waals surface area contributed by atoms with Crippen LogP contribution in [0.15, 0.2) is 36.4 Å². The second kappa shape index (κ2) is 7.61. The number of nitrogens with one attached hydrogen (secondary N) is 1. The van der Waals surface area contributed by atoms with Gasteiger partial charge in [0.2, 0.25) is 0 Å². The van der Waals surface area contributed by atoms with Crippen molar-refractivity contribution >= 4 is 10.8 Å². The van der Waals surface area contributed by atoms with E-state index in [2.05, 4.69) is 46.6 Å². The Balaban J connectivity index is 1.62. The molecule has 2 aromatic rings. The second-order valence-electron chi connectivity index (χ2n) is 6.05. The maximum absolute atomic E-state index is 5.55. The van der Waals surface area contributed by atoms with E-state index in [0.29, 0.717) is 0 Å². The number of likely N-dealkylation sites (tertiary alicyclic amines) is 1. The molecule has 1 fully saturated rings. The molecule has 118 valence electrons. The highest BCUT2D eigenvalue weighted by Gasteiger charge is 2.10. The lowest BCUT2D eigenvalue weighted by Gasteiger charge is -2.26. The Morgan fingerprint density at radius 2 is 1.86 bits per heavy atom. The highest BCUT2D eigenvalue weighted by molar-refractivity contribution is 5.87. The molecular weight excluding hydrogens is 272 g/mol. The summed E-state index contributed by atoms with van der Waals surface area (Å²) in [5.41, 5.74) is 1.26. The molecule has 0 radical (unpaired) electrons. The Kier molecular flexibility index (Phi) is 5.30. The summed E-state index contributed by atoms with van der Waals surface area (Å²) in [6.07, 6.45) is 4.12. The van der Waals surface area contributed by atoms with Gasteiger partial charge in [0, 0.05) is 25.2 Å². The summed E-state index contributed by atoms with van der Waals surface area (Å²) < 4.78 is 5.55. The van der Waals surface area contributed by atoms with E-state index in [1.54, 1.807) is 7.11 Å². The van der Waals surface area contributed by atoms with Gasteiger partial charge in [-0.2, -0.15) is 0 Å². The molecule has 0 amide bonds. The summed E-state index contributed by atoms with van der Waals surface area (Å²) in [4.78, 5) is 2.57. The average molecular weight is 298 g/mol. The van der Waals surface area contributed by atoms with Crippen molar-refractivity contribution in [2.45, 2.75) is 25.8 Å². The van der Waals surface area contributed by atoms with Gasteiger partial charge in [-0.05, 0) is 42.8 Å². The molecule has 22 heavy (non-hydrogen) atoms. The number of methoxy groups -OCH3 is 1. The number of rotatable bonds is 6. The second-order valence-corrected chi connectivity index (χ2v) is 6.05. The normalized spacial score (nSPS) is 16.0. The van der Waals surface area contributed by atoms with Crippen molar-refractivity contribution in [3.8, 4) is 5.75 Å². The molecule has 3 rings (SSSR count). The first-order valence-electron chi connectivity index (χ1n) is 8.36. The quantitative estimate of drug-likeness (QED) is 0.827. The van der Waals surface area contributed by atoms with E-state index in [1.807, 2.05) is 0 Å². The molecule has 1 saturated heterocycles. The van der Waals surface area contributed by atoms with Gasteiger partial charge in [-0.15, -0.1) is 0 Å². The molecule has 1 aliphatic heterocycles. The van der Waals surface area contributed by atoms with Gasteiger partial charge in [0.15, 0.2) is 0 Å². The van der Waals surface area contributed by atoms with Gasteiger partial charge in [0.1, 0.15) is 5.75 Å². The van der Waals surface area contributed by atoms with E-state index < -0.39 is 0 Å². The van der Waals surface area contributed by atoms with Crippen LogP contribution >= 0.6 is 0 Å². The molecule has 0 saturated carbocycles. The fourth-order valence-electron chi connectivity index (χ4n) is 3.32. The number of piperidine rings is 1. The lowest BCUT2D eigenvalue weighted by molar-refractivity contribution is 0.229. The Morgan fingerprint density at radius 1 is 1.05 bits per heavy atom. The van der Waals surface area contributed by atoms with E-state index in [0.717, 1.165) is 25.4 Å². The van der Waals surface area contributed by atoms with Crippen LogP contribution in [0.25, 0.3) is 10.8 Å². The Labute approximate surface area is 133 Å². The van der Waals surface area contributed by atoms with Crippen molar-refractivity contribution in [3.05, 3.63) is 42.0 Å². The molecular formula is C19H26N2O. The van der Waals surface area contributed by atoms with Gasteiger partial charge < -0.3 is 15.0 Å². The Bertz CT molecular complexity index is 605. The zero-order valence-electron chi connectivity index (χ0n) is 13.5. The van der Waals surface area contributed by atoms with Gasteiger partial charge >= 0.3 is 0 Å². The first-order chi connectivity index (χ1) is 10.9. The van der Waals surface area contributed by atoms with Crippen LogP contribution in [-0.2, 0) is 6.54 Å². The van der Waals surface area contributed by atoms with Gasteiger partial charge in [-0.1, -0.05) is 36.8 Å². The summed E-state index contributed by atoms with van der Waals surface area (Å²) in [5.74, 6) is 0.976. The number of benzene rings is 2. The van der Waals surface area contributed by atoms with Crippen molar-refractivity contribution in [3.63, 3.8) is 0 Å². The molecule has 0 unspecified atom stereocenters. The predicted molar refractivity (Wildman–Crippen MR) is 92.5 cm³/mol. The first kappa shape index (κ1) is 15.3. The maximum atomic E-state index is 5.55. The SMILES string of the molecule is COc1ccc2ccccc2c1CNCCN1CCCCC1. The average Bonchev–Trinajstić information content (AvgIpc) is 2.59. The fourth-order valence-corrected chi connectivity index (χ4v) is 3.32. The maximum Gasteiger partial charge on any atom is 0.123 e. The van der Waals surface area contributed by atoms with Crippen LogP contribution in [-0.4, -0.2) is 38.2 Å². The first-order valence-corrected chi connectivity index (χ1v) is 8.36. The van der Waals surface area contributed by atoms with Crippen LogP contribution in [0.5, 0.6) is 5.75 Å². The third-order valence-electron chi connectivity index (χ3n) is 4.57. The minimum absolute atomic E-state index is 0.859. The molecule has 0 atom stereocenters. The number of fused-ring (bicyclic) bond motifs is 1. The van der Waals surface area contributed by atoms with Crippen molar-refractivity contribution in [2.24, 2.45) is 0 Å². The van der Waals surface area contributed by atoms with Crippen LogP contribution in [0.1, 0.15) is 24.8 Å². The summed E-state index contributed by atoms with van der Waals surface area (Å²) in [6.45, 7) is 5.57. The molecule has 0 spiro atoms. The molecule has 2 aromatic carbocycles. The van der Waals surface area contributed by atoms with Gasteiger partial charge in [0.25, 0.3) is 0 Å². The summed E-state index contributed by atoms with van der Waals surface area (Å²) in [7, 11) is 1.75. The van der Waals surface area contributed by atoms with Gasteiger partial charge in [-0.3, -0.25) is 0 Å². The van der Waals surface area contributed by atoms with Crippen molar-refractivity contribution in [1.82, 2.24) is 10.2 Å². The summed E-state index contributed by atoms with van der Waals surface area (Å²) in [5, 5.41) is 6.15. The molecule has 1 heterocycles. The number of ether oxygens (including phenoxy) is 1. The monoisotopic (exact) mass is 298 g/mol. The lowest BCUT2D eigenvalue weighted by atomic mass is 10.0. The summed E-state index contributed by atoms with van der Waals surface area (Å²) in [6, 6.07) is 12.7. The fraction of sp³-hybridized carbons (Fsp3) is 0.474. The third-order valence-corrected chi connectivity index (χ3v) is 4.57. The lowest BCUT2D eigenvalue weighted by Crippen LogP contribution is -2.35. The van der Waals surface area contributed by atoms with Crippen LogP contribution in [0.2, 0.25) is 0 Å². The smallest absolute Gasteiger partial charge is 0.123 e. The van der Waals surface area contributed by atoms with Crippen LogP contribution in [0.4, 0.5) is 0 Å². The molecule has 0 aliphatic carbocycles. The van der Waals surface area contributed by atoms with E-state index in [1.165, 1.54) is 48.7 Å². The third kappa shape index (κ3) is 3.60. The standard InChI is InChI=1S/C19H26N2O/c1-22-19-10-9-16-7-3-4-8-17(16)18(19)15-20-11-14-21-12-5-2-6-13-21/h3-4,7-10,20H,2,5-6,11-15H2,1H3. The predicted octanol–water partition coefficient (Wildman–Crippen LogP) is 3.42. The highest BCUT2D eigenvalue weighted by Crippen LogP contribution is 2.27. The molecule has 1 N–H and O–H groups in total. The zero-order chi connectivity index (χ0) is 15.2. The molecule has 0 bridgehead atoms. The summed E-state index contributed by atoms with van der Waals surface area (Å²) >= 11 is 0. The number of nitrogens with zero attached hydrogens (tertiary/aromatic N) is 1. The van der Waals surface area contributed by atoms with Crippen LogP contribution in [0, 0.1) is 0 Å². The highest BCUT2D eigenvalue weighted by atomic mass is 16.5. The van der Waals surface area contributed by atoms with E-state index >= 15 is 0 Å².